The average Bonchev–Trinajstić information content (AvgIpc) is 3.58. The number of benzene rings is 1. The molecule has 0 aliphatic carbocycles. The highest BCUT2D eigenvalue weighted by atomic mass is 16.5. The fraction of sp³-hybridized carbons (Fsp3) is 0.457. The first-order valence-corrected chi connectivity index (χ1v) is 17.0. The second-order valence-corrected chi connectivity index (χ2v) is 12.3. The normalized spacial score (nSPS) is 12.9. The Kier molecular flexibility index (Phi) is 18.9. The fourth-order valence-electron chi connectivity index (χ4n) is 5.25. The van der Waals surface area contributed by atoms with Crippen molar-refractivity contribution in [2.24, 2.45) is 11.8 Å². The molecule has 0 saturated carbocycles. The molecule has 300 valence electrons. The number of carbonyl (C=O) groups is 9. The minimum absolute atomic E-state index is 0.236. The van der Waals surface area contributed by atoms with Gasteiger partial charge in [-0.25, -0.2) is 9.59 Å². The summed E-state index contributed by atoms with van der Waals surface area (Å²) in [7, 11) is 0. The number of hydrogen-bond acceptors (Lipinski definition) is 11. The van der Waals surface area contributed by atoms with Crippen LogP contribution in [0.5, 0.6) is 5.75 Å². The van der Waals surface area contributed by atoms with Crippen molar-refractivity contribution in [1.29, 1.82) is 0 Å². The van der Waals surface area contributed by atoms with E-state index in [-0.39, 0.29) is 32.5 Å². The van der Waals surface area contributed by atoms with E-state index in [2.05, 4.69) is 21.3 Å². The van der Waals surface area contributed by atoms with Crippen molar-refractivity contribution in [3.63, 3.8) is 0 Å². The third kappa shape index (κ3) is 17.3. The van der Waals surface area contributed by atoms with Gasteiger partial charge in [0.05, 0.1) is 24.6 Å². The molecule has 20 heteroatoms. The molecule has 2 rings (SSSR count). The minimum Gasteiger partial charge on any atom is -0.489 e. The molecule has 0 fully saturated rings. The maximum absolute atomic E-state index is 12.5. The zero-order valence-electron chi connectivity index (χ0n) is 29.6. The predicted octanol–water partition coefficient (Wildman–Crippen LogP) is 0.509. The van der Waals surface area contributed by atoms with Gasteiger partial charge < -0.3 is 56.0 Å². The predicted molar refractivity (Wildman–Crippen MR) is 185 cm³/mol. The molecule has 9 N–H and O–H groups in total. The molecule has 0 aliphatic heterocycles. The summed E-state index contributed by atoms with van der Waals surface area (Å²) >= 11 is 0. The second kappa shape index (κ2) is 23.2. The highest BCUT2D eigenvalue weighted by molar-refractivity contribution is 5.87. The molecular weight excluding hydrogens is 732 g/mol. The Balaban J connectivity index is 1.76. The van der Waals surface area contributed by atoms with Gasteiger partial charge >= 0.3 is 29.8 Å². The van der Waals surface area contributed by atoms with E-state index < -0.39 is 110 Å². The lowest BCUT2D eigenvalue weighted by Gasteiger charge is -2.20. The summed E-state index contributed by atoms with van der Waals surface area (Å²) in [5.74, 6) is -11.9. The summed E-state index contributed by atoms with van der Waals surface area (Å²) in [5, 5.41) is 56.2. The number of aliphatic carboxylic acids is 5. The third-order valence-corrected chi connectivity index (χ3v) is 8.19. The lowest BCUT2D eigenvalue weighted by Crippen LogP contribution is -2.44. The van der Waals surface area contributed by atoms with Gasteiger partial charge in [0, 0.05) is 37.8 Å². The van der Waals surface area contributed by atoms with Gasteiger partial charge in [-0.2, -0.15) is 0 Å². The van der Waals surface area contributed by atoms with E-state index in [9.17, 15) is 63.6 Å². The Labute approximate surface area is 313 Å². The first-order chi connectivity index (χ1) is 26.1. The van der Waals surface area contributed by atoms with Crippen LogP contribution in [0.25, 0.3) is 0 Å². The largest absolute Gasteiger partial charge is 0.489 e. The van der Waals surface area contributed by atoms with Crippen LogP contribution in [0, 0.1) is 11.8 Å². The maximum atomic E-state index is 12.5. The van der Waals surface area contributed by atoms with Gasteiger partial charge in [-0.1, -0.05) is 12.1 Å². The summed E-state index contributed by atoms with van der Waals surface area (Å²) in [6.45, 7) is 0.746. The van der Waals surface area contributed by atoms with Gasteiger partial charge in [0.15, 0.2) is 0 Å². The van der Waals surface area contributed by atoms with Crippen LogP contribution in [-0.2, 0) is 62.7 Å². The molecule has 1 heterocycles. The van der Waals surface area contributed by atoms with Crippen LogP contribution in [0.3, 0.4) is 0 Å². The Morgan fingerprint density at radius 1 is 0.673 bits per heavy atom. The van der Waals surface area contributed by atoms with Gasteiger partial charge in [0.1, 0.15) is 30.2 Å². The number of ether oxygens (including phenoxy) is 1. The van der Waals surface area contributed by atoms with Crippen molar-refractivity contribution >= 4 is 54.0 Å². The minimum atomic E-state index is -1.64. The topological polar surface area (TPSA) is 325 Å². The number of nitrogens with one attached hydrogen (secondary N) is 4. The highest BCUT2D eigenvalue weighted by Gasteiger charge is 2.34. The highest BCUT2D eigenvalue weighted by Crippen LogP contribution is 2.24. The van der Waals surface area contributed by atoms with Crippen molar-refractivity contribution in [1.82, 2.24) is 21.3 Å². The second-order valence-electron chi connectivity index (χ2n) is 12.3. The molecule has 2 aromatic rings. The number of carboxylic acids is 5. The van der Waals surface area contributed by atoms with E-state index >= 15 is 0 Å². The molecule has 55 heavy (non-hydrogen) atoms. The van der Waals surface area contributed by atoms with Crippen molar-refractivity contribution < 1.29 is 77.8 Å². The summed E-state index contributed by atoms with van der Waals surface area (Å²) in [5.41, 5.74) is 1.66. The SMILES string of the molecule is O=CNCc1cc(COc2ccc(CCNC(=O)CC[C@@H](NC(=O)CC[C@@H](NC(=O)CCC(C(=O)O)C(CCC(=O)O)C(=O)O)C(=O)O)C(=O)O)cc2)co1. The molecule has 4 amide bonds. The summed E-state index contributed by atoms with van der Waals surface area (Å²) in [4.78, 5) is 105. The first kappa shape index (κ1) is 44.7. The van der Waals surface area contributed by atoms with E-state index in [1.54, 1.807) is 18.2 Å². The van der Waals surface area contributed by atoms with Gasteiger partial charge in [-0.05, 0) is 55.9 Å². The Bertz CT molecular complexity index is 1660. The Morgan fingerprint density at radius 3 is 1.71 bits per heavy atom. The lowest BCUT2D eigenvalue weighted by atomic mass is 9.85. The number of carboxylic acid groups (broad SMARTS) is 5. The number of carbonyl (C=O) groups excluding carboxylic acids is 4. The standard InChI is InChI=1S/C35H44N4O16/c40-19-36-16-23-15-21(18-55-23)17-54-22-3-1-20(2-4-22)13-14-37-28(41)10-7-26(34(50)51)39-30(43)11-8-27(35(52)53)38-29(42)9-5-24(32(46)47)25(33(48)49)6-12-31(44)45/h1-4,15,18-19,24-27H,5-14,16-17H2,(H,36,40)(H,37,41)(H,38,42)(H,39,43)(H,44,45)(H,46,47)(H,48,49)(H,50,51)(H,52,53)/t24?,25?,26-,27-/m1/s1. The molecule has 20 nitrogen and oxygen atoms in total. The van der Waals surface area contributed by atoms with Crippen molar-refractivity contribution in [3.05, 3.63) is 53.5 Å². The lowest BCUT2D eigenvalue weighted by molar-refractivity contribution is -0.155. The van der Waals surface area contributed by atoms with Gasteiger partial charge in [-0.15, -0.1) is 0 Å². The monoisotopic (exact) mass is 776 g/mol. The number of rotatable bonds is 28. The smallest absolute Gasteiger partial charge is 0.326 e. The first-order valence-electron chi connectivity index (χ1n) is 17.0. The zero-order chi connectivity index (χ0) is 40.9. The van der Waals surface area contributed by atoms with Crippen molar-refractivity contribution in [2.45, 2.75) is 83.0 Å². The molecule has 0 radical (unpaired) electrons. The molecular formula is C35H44N4O16. The van der Waals surface area contributed by atoms with Crippen LogP contribution in [0.4, 0.5) is 0 Å². The third-order valence-electron chi connectivity index (χ3n) is 8.19. The van der Waals surface area contributed by atoms with E-state index in [4.69, 9.17) is 14.3 Å². The molecule has 4 atom stereocenters. The number of furan rings is 1. The van der Waals surface area contributed by atoms with Crippen molar-refractivity contribution in [3.8, 4) is 5.75 Å². The van der Waals surface area contributed by atoms with Crippen LogP contribution in [0.15, 0.2) is 41.0 Å². The van der Waals surface area contributed by atoms with Crippen LogP contribution < -0.4 is 26.0 Å². The molecule has 1 aromatic heterocycles. The molecule has 0 aliphatic rings. The van der Waals surface area contributed by atoms with Crippen LogP contribution in [-0.4, -0.2) is 98.1 Å². The van der Waals surface area contributed by atoms with Crippen LogP contribution >= 0.6 is 0 Å². The molecule has 0 spiro atoms. The molecule has 1 aromatic carbocycles. The van der Waals surface area contributed by atoms with Crippen molar-refractivity contribution in [2.75, 3.05) is 6.54 Å². The Morgan fingerprint density at radius 2 is 1.20 bits per heavy atom. The van der Waals surface area contributed by atoms with Gasteiger partial charge in [0.25, 0.3) is 0 Å². The fourth-order valence-corrected chi connectivity index (χ4v) is 5.25. The van der Waals surface area contributed by atoms with Gasteiger partial charge in [0.2, 0.25) is 24.1 Å². The van der Waals surface area contributed by atoms with Crippen LogP contribution in [0.1, 0.15) is 68.3 Å². The molecule has 0 saturated heterocycles. The molecule has 0 bridgehead atoms. The molecule has 2 unspecified atom stereocenters. The summed E-state index contributed by atoms with van der Waals surface area (Å²) in [6, 6.07) is 5.76. The van der Waals surface area contributed by atoms with E-state index in [0.717, 1.165) is 11.1 Å². The summed E-state index contributed by atoms with van der Waals surface area (Å²) in [6.07, 6.45) is -1.31. The summed E-state index contributed by atoms with van der Waals surface area (Å²) < 4.78 is 11.0. The zero-order valence-corrected chi connectivity index (χ0v) is 29.6. The van der Waals surface area contributed by atoms with Crippen LogP contribution in [0.2, 0.25) is 0 Å². The number of amides is 4. The van der Waals surface area contributed by atoms with E-state index in [0.29, 0.717) is 24.3 Å². The van der Waals surface area contributed by atoms with Gasteiger partial charge in [-0.3, -0.25) is 33.6 Å². The maximum Gasteiger partial charge on any atom is 0.326 e. The average molecular weight is 777 g/mol. The van der Waals surface area contributed by atoms with E-state index in [1.807, 2.05) is 12.1 Å². The number of hydrogen-bond donors (Lipinski definition) is 9. The Hall–Kier alpha value is -6.47. The van der Waals surface area contributed by atoms with E-state index in [1.165, 1.54) is 6.26 Å². The quantitative estimate of drug-likeness (QED) is 0.0532.